The standard InChI is InChI=1S/C15H13N3O4/c1-3-22-15(21)12-10-11(16-17-12)14(20)18(13(10)19)9-6-4-8(2)5-7-9/h4-7,10H,3H2,1-2H3/t10-/m1/s1. The lowest BCUT2D eigenvalue weighted by molar-refractivity contribution is -0.136. The third-order valence-corrected chi connectivity index (χ3v) is 3.48. The van der Waals surface area contributed by atoms with Crippen LogP contribution in [0.1, 0.15) is 12.5 Å². The fraction of sp³-hybridized carbons (Fsp3) is 0.267. The summed E-state index contributed by atoms with van der Waals surface area (Å²) in [5, 5.41) is 7.34. The van der Waals surface area contributed by atoms with Crippen molar-refractivity contribution >= 4 is 34.9 Å². The number of benzene rings is 1. The molecule has 2 amide bonds. The second kappa shape index (κ2) is 5.18. The SMILES string of the molecule is CCOC(=O)C1=NN=C2C(=O)N(c3ccc(C)cc3)C(=O)[C@@H]12. The first-order chi connectivity index (χ1) is 10.5. The van der Waals surface area contributed by atoms with Gasteiger partial charge in [-0.1, -0.05) is 17.7 Å². The smallest absolute Gasteiger partial charge is 0.355 e. The number of hydrogen-bond donors (Lipinski definition) is 0. The van der Waals surface area contributed by atoms with Crippen molar-refractivity contribution in [2.75, 3.05) is 11.5 Å². The molecule has 0 aromatic heterocycles. The number of esters is 1. The van der Waals surface area contributed by atoms with Crippen molar-refractivity contribution in [3.63, 3.8) is 0 Å². The van der Waals surface area contributed by atoms with E-state index in [0.717, 1.165) is 10.5 Å². The minimum absolute atomic E-state index is 0.0337. The lowest BCUT2D eigenvalue weighted by atomic mass is 10.0. The number of hydrogen-bond acceptors (Lipinski definition) is 6. The van der Waals surface area contributed by atoms with E-state index in [4.69, 9.17) is 4.74 Å². The summed E-state index contributed by atoms with van der Waals surface area (Å²) in [4.78, 5) is 37.7. The predicted octanol–water partition coefficient (Wildman–Crippen LogP) is 0.858. The molecule has 0 saturated carbocycles. The molecule has 7 nitrogen and oxygen atoms in total. The van der Waals surface area contributed by atoms with Crippen LogP contribution in [-0.4, -0.2) is 35.8 Å². The molecular weight excluding hydrogens is 286 g/mol. The van der Waals surface area contributed by atoms with Gasteiger partial charge in [0.2, 0.25) is 5.91 Å². The summed E-state index contributed by atoms with van der Waals surface area (Å²) in [6.45, 7) is 3.71. The molecule has 0 bridgehead atoms. The molecule has 2 heterocycles. The molecule has 2 aliphatic heterocycles. The number of rotatable bonds is 3. The van der Waals surface area contributed by atoms with Gasteiger partial charge in [-0.3, -0.25) is 9.59 Å². The quantitative estimate of drug-likeness (QED) is 0.611. The molecule has 112 valence electrons. The Labute approximate surface area is 126 Å². The van der Waals surface area contributed by atoms with Crippen molar-refractivity contribution in [2.45, 2.75) is 13.8 Å². The van der Waals surface area contributed by atoms with Gasteiger partial charge in [-0.2, -0.15) is 0 Å². The van der Waals surface area contributed by atoms with E-state index in [2.05, 4.69) is 10.2 Å². The Morgan fingerprint density at radius 1 is 1.23 bits per heavy atom. The molecule has 0 N–H and O–H groups in total. The van der Waals surface area contributed by atoms with E-state index in [1.807, 2.05) is 6.92 Å². The summed E-state index contributed by atoms with van der Waals surface area (Å²) in [5.41, 5.74) is 1.29. The highest BCUT2D eigenvalue weighted by molar-refractivity contribution is 6.66. The summed E-state index contributed by atoms with van der Waals surface area (Å²) in [7, 11) is 0. The van der Waals surface area contributed by atoms with Crippen LogP contribution in [0.4, 0.5) is 5.69 Å². The third-order valence-electron chi connectivity index (χ3n) is 3.48. The zero-order valence-electron chi connectivity index (χ0n) is 12.1. The highest BCUT2D eigenvalue weighted by Crippen LogP contribution is 2.29. The number of fused-ring (bicyclic) bond motifs is 1. The van der Waals surface area contributed by atoms with Crippen LogP contribution >= 0.6 is 0 Å². The number of anilines is 1. The van der Waals surface area contributed by atoms with E-state index in [9.17, 15) is 14.4 Å². The first kappa shape index (κ1) is 14.1. The first-order valence-corrected chi connectivity index (χ1v) is 6.82. The number of aryl methyl sites for hydroxylation is 1. The molecule has 2 aliphatic rings. The molecule has 3 rings (SSSR count). The van der Waals surface area contributed by atoms with Crippen molar-refractivity contribution in [2.24, 2.45) is 16.1 Å². The summed E-state index contributed by atoms with van der Waals surface area (Å²) in [6.07, 6.45) is 0. The van der Waals surface area contributed by atoms with Gasteiger partial charge < -0.3 is 4.74 Å². The maximum absolute atomic E-state index is 12.5. The Hall–Kier alpha value is -2.83. The summed E-state index contributed by atoms with van der Waals surface area (Å²) >= 11 is 0. The summed E-state index contributed by atoms with van der Waals surface area (Å²) < 4.78 is 4.85. The molecule has 22 heavy (non-hydrogen) atoms. The number of nitrogens with zero attached hydrogens (tertiary/aromatic N) is 3. The molecule has 1 aromatic carbocycles. The Balaban J connectivity index is 1.93. The second-order valence-electron chi connectivity index (χ2n) is 4.94. The second-order valence-corrected chi connectivity index (χ2v) is 4.94. The van der Waals surface area contributed by atoms with Crippen LogP contribution in [0.25, 0.3) is 0 Å². The molecule has 1 aromatic rings. The minimum atomic E-state index is -1.06. The summed E-state index contributed by atoms with van der Waals surface area (Å²) in [5.74, 6) is -2.87. The number of carbonyl (C=O) groups is 3. The number of imide groups is 1. The minimum Gasteiger partial charge on any atom is -0.461 e. The van der Waals surface area contributed by atoms with Crippen LogP contribution in [0.15, 0.2) is 34.5 Å². The van der Waals surface area contributed by atoms with Crippen molar-refractivity contribution < 1.29 is 19.1 Å². The zero-order chi connectivity index (χ0) is 15.9. The fourth-order valence-corrected chi connectivity index (χ4v) is 2.40. The zero-order valence-corrected chi connectivity index (χ0v) is 12.1. The lowest BCUT2D eigenvalue weighted by Gasteiger charge is -2.14. The largest absolute Gasteiger partial charge is 0.461 e. The van der Waals surface area contributed by atoms with Gasteiger partial charge in [0.25, 0.3) is 5.91 Å². The molecule has 0 aliphatic carbocycles. The summed E-state index contributed by atoms with van der Waals surface area (Å²) in [6, 6.07) is 6.94. The normalized spacial score (nSPS) is 19.9. The van der Waals surface area contributed by atoms with Crippen LogP contribution in [-0.2, 0) is 19.1 Å². The molecular formula is C15H13N3O4. The van der Waals surface area contributed by atoms with Gasteiger partial charge >= 0.3 is 5.97 Å². The van der Waals surface area contributed by atoms with E-state index in [1.165, 1.54) is 0 Å². The van der Waals surface area contributed by atoms with Crippen molar-refractivity contribution in [1.29, 1.82) is 0 Å². The van der Waals surface area contributed by atoms with Crippen LogP contribution < -0.4 is 4.90 Å². The van der Waals surface area contributed by atoms with Gasteiger partial charge in [-0.05, 0) is 26.0 Å². The van der Waals surface area contributed by atoms with Crippen molar-refractivity contribution in [3.05, 3.63) is 29.8 Å². The molecule has 1 fully saturated rings. The average Bonchev–Trinajstić information content (AvgIpc) is 3.03. The van der Waals surface area contributed by atoms with Gasteiger partial charge in [0.1, 0.15) is 11.6 Å². The molecule has 1 atom stereocenters. The monoisotopic (exact) mass is 299 g/mol. The maximum atomic E-state index is 12.5. The molecule has 0 unspecified atom stereocenters. The topological polar surface area (TPSA) is 88.4 Å². The van der Waals surface area contributed by atoms with Gasteiger partial charge in [0, 0.05) is 0 Å². The Bertz CT molecular complexity index is 734. The van der Waals surface area contributed by atoms with Crippen LogP contribution in [0.2, 0.25) is 0 Å². The maximum Gasteiger partial charge on any atom is 0.355 e. The van der Waals surface area contributed by atoms with Crippen LogP contribution in [0.3, 0.4) is 0 Å². The highest BCUT2D eigenvalue weighted by Gasteiger charge is 2.52. The first-order valence-electron chi connectivity index (χ1n) is 6.82. The van der Waals surface area contributed by atoms with Gasteiger partial charge in [0.05, 0.1) is 12.3 Å². The lowest BCUT2D eigenvalue weighted by Crippen LogP contribution is -2.35. The highest BCUT2D eigenvalue weighted by atomic mass is 16.5. The Kier molecular flexibility index (Phi) is 3.32. The molecule has 7 heteroatoms. The van der Waals surface area contributed by atoms with E-state index < -0.39 is 23.7 Å². The van der Waals surface area contributed by atoms with E-state index >= 15 is 0 Å². The van der Waals surface area contributed by atoms with E-state index in [-0.39, 0.29) is 18.0 Å². The van der Waals surface area contributed by atoms with Crippen LogP contribution in [0.5, 0.6) is 0 Å². The number of ether oxygens (including phenoxy) is 1. The number of amides is 2. The third kappa shape index (κ3) is 2.02. The molecule has 0 spiro atoms. The number of carbonyl (C=O) groups excluding carboxylic acids is 3. The average molecular weight is 299 g/mol. The van der Waals surface area contributed by atoms with E-state index in [1.54, 1.807) is 31.2 Å². The Morgan fingerprint density at radius 3 is 2.55 bits per heavy atom. The predicted molar refractivity (Wildman–Crippen MR) is 78.7 cm³/mol. The van der Waals surface area contributed by atoms with Crippen molar-refractivity contribution in [3.8, 4) is 0 Å². The van der Waals surface area contributed by atoms with E-state index in [0.29, 0.717) is 5.69 Å². The van der Waals surface area contributed by atoms with Gasteiger partial charge in [0.15, 0.2) is 5.71 Å². The Morgan fingerprint density at radius 2 is 1.91 bits per heavy atom. The molecule has 1 saturated heterocycles. The van der Waals surface area contributed by atoms with Crippen molar-refractivity contribution in [1.82, 2.24) is 0 Å². The van der Waals surface area contributed by atoms with Gasteiger partial charge in [-0.25, -0.2) is 9.69 Å². The van der Waals surface area contributed by atoms with Crippen LogP contribution in [0, 0.1) is 12.8 Å². The fourth-order valence-electron chi connectivity index (χ4n) is 2.40. The van der Waals surface area contributed by atoms with Gasteiger partial charge in [-0.15, -0.1) is 10.2 Å². The molecule has 0 radical (unpaired) electrons.